The maximum absolute atomic E-state index is 13.8. The number of carbonyl (C=O) groups is 3. The number of carbonyl (C=O) groups excluding carboxylic acids is 3. The first-order valence-corrected chi connectivity index (χ1v) is 15.1. The van der Waals surface area contributed by atoms with Gasteiger partial charge >= 0.3 is 0 Å². The number of aryl methyl sites for hydroxylation is 1. The number of hydrogen-bond acceptors (Lipinski definition) is 8. The number of amides is 3. The average Bonchev–Trinajstić information content (AvgIpc) is 3.20. The summed E-state index contributed by atoms with van der Waals surface area (Å²) < 4.78 is 39.3. The molecule has 11 heteroatoms. The van der Waals surface area contributed by atoms with Crippen molar-refractivity contribution < 1.29 is 32.3 Å². The summed E-state index contributed by atoms with van der Waals surface area (Å²) in [6.45, 7) is 5.74. The second-order valence-corrected chi connectivity index (χ2v) is 11.4. The lowest BCUT2D eigenvalue weighted by Gasteiger charge is -2.18. The van der Waals surface area contributed by atoms with Crippen LogP contribution in [0.15, 0.2) is 66.9 Å². The van der Waals surface area contributed by atoms with Crippen LogP contribution in [0.1, 0.15) is 51.3 Å². The lowest BCUT2D eigenvalue weighted by atomic mass is 10.0. The predicted octanol–water partition coefficient (Wildman–Crippen LogP) is 4.33. The molecule has 0 bridgehead atoms. The van der Waals surface area contributed by atoms with Gasteiger partial charge in [-0.15, -0.1) is 0 Å². The van der Waals surface area contributed by atoms with Crippen LogP contribution in [0.25, 0.3) is 10.9 Å². The van der Waals surface area contributed by atoms with Crippen LogP contribution in [-0.2, 0) is 27.0 Å². The molecule has 1 aliphatic rings. The molecule has 0 atom stereocenters. The zero-order valence-electron chi connectivity index (χ0n) is 23.3. The molecular formula is C31H29N3O7S. The normalized spacial score (nSPS) is 12.9. The minimum Gasteiger partial charge on any atom is -0.492 e. The lowest BCUT2D eigenvalue weighted by molar-refractivity contribution is -0.118. The van der Waals surface area contributed by atoms with Crippen molar-refractivity contribution in [3.63, 3.8) is 0 Å². The second kappa shape index (κ2) is 11.6. The maximum atomic E-state index is 13.8. The van der Waals surface area contributed by atoms with Gasteiger partial charge in [-0.25, -0.2) is 13.3 Å². The number of fused-ring (bicyclic) bond motifs is 2. The van der Waals surface area contributed by atoms with E-state index in [0.717, 1.165) is 4.90 Å². The van der Waals surface area contributed by atoms with Crippen LogP contribution in [0, 0.1) is 6.92 Å². The molecular weight excluding hydrogens is 558 g/mol. The van der Waals surface area contributed by atoms with E-state index < -0.39 is 33.5 Å². The summed E-state index contributed by atoms with van der Waals surface area (Å²) >= 11 is 0. The molecule has 1 aromatic heterocycles. The Labute approximate surface area is 243 Å². The standard InChI is InChI=1S/C31H29N3O7S/c1-4-40-28-22-12-9-15-32-27(22)29(41-5-2)26-25(28)30(36)34(31(26)37)23-14-13-21(16-19(23)3)18-42(38,39)33-24(35)17-20-10-7-6-8-11-20/h6-16H,4-5,17-18H2,1-3H3,(H,33,35). The fourth-order valence-corrected chi connectivity index (χ4v) is 6.19. The van der Waals surface area contributed by atoms with Crippen LogP contribution in [0.5, 0.6) is 11.5 Å². The number of imide groups is 1. The van der Waals surface area contributed by atoms with Crippen molar-refractivity contribution in [3.05, 3.63) is 94.7 Å². The van der Waals surface area contributed by atoms with E-state index in [-0.39, 0.29) is 47.9 Å². The summed E-state index contributed by atoms with van der Waals surface area (Å²) in [6.07, 6.45) is 1.50. The molecule has 0 aliphatic carbocycles. The van der Waals surface area contributed by atoms with Crippen molar-refractivity contribution in [1.82, 2.24) is 9.71 Å². The first kappa shape index (κ1) is 28.7. The van der Waals surface area contributed by atoms with Gasteiger partial charge in [-0.2, -0.15) is 0 Å². The van der Waals surface area contributed by atoms with Gasteiger partial charge < -0.3 is 9.47 Å². The molecule has 1 aliphatic heterocycles. The molecule has 216 valence electrons. The summed E-state index contributed by atoms with van der Waals surface area (Å²) in [5, 5.41) is 0.552. The largest absolute Gasteiger partial charge is 0.492 e. The van der Waals surface area contributed by atoms with Gasteiger partial charge in [-0.3, -0.25) is 24.1 Å². The third-order valence-electron chi connectivity index (χ3n) is 6.72. The number of nitrogens with one attached hydrogen (secondary N) is 1. The van der Waals surface area contributed by atoms with Crippen LogP contribution in [-0.4, -0.2) is 44.3 Å². The first-order chi connectivity index (χ1) is 20.1. The zero-order valence-corrected chi connectivity index (χ0v) is 24.2. The van der Waals surface area contributed by atoms with Crippen molar-refractivity contribution >= 4 is 44.3 Å². The van der Waals surface area contributed by atoms with Crippen LogP contribution in [0.4, 0.5) is 5.69 Å². The lowest BCUT2D eigenvalue weighted by Crippen LogP contribution is -2.33. The molecule has 0 radical (unpaired) electrons. The van der Waals surface area contributed by atoms with Gasteiger partial charge in [0.05, 0.1) is 36.6 Å². The number of rotatable bonds is 10. The van der Waals surface area contributed by atoms with E-state index in [0.29, 0.717) is 27.6 Å². The highest BCUT2D eigenvalue weighted by atomic mass is 32.2. The fourth-order valence-electron chi connectivity index (χ4n) is 5.08. The molecule has 0 unspecified atom stereocenters. The summed E-state index contributed by atoms with van der Waals surface area (Å²) in [5.41, 5.74) is 2.43. The Morgan fingerprint density at radius 3 is 2.21 bits per heavy atom. The highest BCUT2D eigenvalue weighted by molar-refractivity contribution is 7.89. The zero-order chi connectivity index (χ0) is 30.0. The summed E-state index contributed by atoms with van der Waals surface area (Å²) in [7, 11) is -4.00. The average molecular weight is 588 g/mol. The van der Waals surface area contributed by atoms with Crippen molar-refractivity contribution in [2.75, 3.05) is 18.1 Å². The number of hydrogen-bond donors (Lipinski definition) is 1. The van der Waals surface area contributed by atoms with E-state index in [1.54, 1.807) is 75.5 Å². The van der Waals surface area contributed by atoms with E-state index >= 15 is 0 Å². The van der Waals surface area contributed by atoms with Crippen LogP contribution in [0.2, 0.25) is 0 Å². The smallest absolute Gasteiger partial charge is 0.270 e. The van der Waals surface area contributed by atoms with Gasteiger partial charge in [-0.1, -0.05) is 42.5 Å². The van der Waals surface area contributed by atoms with Crippen molar-refractivity contribution in [3.8, 4) is 11.5 Å². The fraction of sp³-hybridized carbons (Fsp3) is 0.226. The highest BCUT2D eigenvalue weighted by Crippen LogP contribution is 2.45. The Kier molecular flexibility index (Phi) is 7.95. The van der Waals surface area contributed by atoms with Gasteiger partial charge in [-0.05, 0) is 55.7 Å². The summed E-state index contributed by atoms with van der Waals surface area (Å²) in [5.74, 6) is -1.81. The summed E-state index contributed by atoms with van der Waals surface area (Å²) in [6, 6.07) is 16.9. The van der Waals surface area contributed by atoms with Crippen molar-refractivity contribution in [2.24, 2.45) is 0 Å². The number of benzene rings is 3. The van der Waals surface area contributed by atoms with Gasteiger partial charge in [0, 0.05) is 11.6 Å². The SMILES string of the molecule is CCOc1c2c(c(OCC)c3ncccc13)C(=O)N(c1ccc(CS(=O)(=O)NC(=O)Cc3ccccc3)cc1C)C2=O. The second-order valence-electron chi connectivity index (χ2n) is 9.69. The number of sulfonamides is 1. The van der Waals surface area contributed by atoms with Gasteiger partial charge in [0.25, 0.3) is 11.8 Å². The van der Waals surface area contributed by atoms with Crippen LogP contribution >= 0.6 is 0 Å². The van der Waals surface area contributed by atoms with E-state index in [4.69, 9.17) is 9.47 Å². The molecule has 3 amide bonds. The third-order valence-corrected chi connectivity index (χ3v) is 7.97. The number of ether oxygens (including phenoxy) is 2. The number of aromatic nitrogens is 1. The number of anilines is 1. The minimum atomic E-state index is -4.00. The molecule has 0 saturated heterocycles. The Hall–Kier alpha value is -4.77. The van der Waals surface area contributed by atoms with Crippen LogP contribution in [0.3, 0.4) is 0 Å². The Balaban J connectivity index is 1.45. The number of nitrogens with zero attached hydrogens (tertiary/aromatic N) is 2. The quantitative estimate of drug-likeness (QED) is 0.271. The van der Waals surface area contributed by atoms with E-state index in [9.17, 15) is 22.8 Å². The molecule has 5 rings (SSSR count). The van der Waals surface area contributed by atoms with E-state index in [2.05, 4.69) is 9.71 Å². The van der Waals surface area contributed by atoms with Gasteiger partial charge in [0.2, 0.25) is 15.9 Å². The molecule has 0 saturated carbocycles. The monoisotopic (exact) mass is 587 g/mol. The number of pyridine rings is 1. The minimum absolute atomic E-state index is 0.0729. The van der Waals surface area contributed by atoms with Gasteiger partial charge in [0.1, 0.15) is 16.8 Å². The Bertz CT molecular complexity index is 1760. The highest BCUT2D eigenvalue weighted by Gasteiger charge is 2.44. The first-order valence-electron chi connectivity index (χ1n) is 13.4. The van der Waals surface area contributed by atoms with Crippen LogP contribution < -0.4 is 19.1 Å². The Morgan fingerprint density at radius 1 is 0.881 bits per heavy atom. The predicted molar refractivity (Wildman–Crippen MR) is 157 cm³/mol. The molecule has 3 aromatic carbocycles. The molecule has 0 fully saturated rings. The Morgan fingerprint density at radius 2 is 1.55 bits per heavy atom. The topological polar surface area (TPSA) is 132 Å². The molecule has 42 heavy (non-hydrogen) atoms. The van der Waals surface area contributed by atoms with Gasteiger partial charge in [0.15, 0.2) is 5.75 Å². The molecule has 10 nitrogen and oxygen atoms in total. The van der Waals surface area contributed by atoms with Crippen molar-refractivity contribution in [2.45, 2.75) is 32.9 Å². The molecule has 0 spiro atoms. The van der Waals surface area contributed by atoms with E-state index in [1.807, 2.05) is 0 Å². The van der Waals surface area contributed by atoms with Crippen molar-refractivity contribution in [1.29, 1.82) is 0 Å². The van der Waals surface area contributed by atoms with E-state index in [1.165, 1.54) is 12.1 Å². The molecule has 1 N–H and O–H groups in total. The third kappa shape index (κ3) is 5.42. The molecule has 4 aromatic rings. The molecule has 2 heterocycles. The maximum Gasteiger partial charge on any atom is 0.270 e. The summed E-state index contributed by atoms with van der Waals surface area (Å²) in [4.78, 5) is 45.5.